The van der Waals surface area contributed by atoms with Gasteiger partial charge in [0.2, 0.25) is 0 Å². The van der Waals surface area contributed by atoms with E-state index >= 15 is 0 Å². The maximum atomic E-state index is 6.09. The Bertz CT molecular complexity index is 940. The normalized spacial score (nSPS) is 18.2. The van der Waals surface area contributed by atoms with Gasteiger partial charge in [-0.2, -0.15) is 0 Å². The van der Waals surface area contributed by atoms with E-state index in [1.807, 2.05) is 42.5 Å². The molecule has 1 aliphatic rings. The SMILES string of the molecule is Cc1c(COc2ccc(B3OC(C)(C)C(C)(C)O3)cc2)oc2ccccc12. The fourth-order valence-electron chi connectivity index (χ4n) is 3.21. The first kappa shape index (κ1) is 18.1. The van der Waals surface area contributed by atoms with Crippen LogP contribution in [0.4, 0.5) is 0 Å². The first-order valence-electron chi connectivity index (χ1n) is 9.32. The van der Waals surface area contributed by atoms with Crippen molar-refractivity contribution in [3.63, 3.8) is 0 Å². The molecule has 27 heavy (non-hydrogen) atoms. The van der Waals surface area contributed by atoms with Gasteiger partial charge in [0, 0.05) is 10.9 Å². The number of furan rings is 1. The van der Waals surface area contributed by atoms with Crippen molar-refractivity contribution in [3.8, 4) is 5.75 Å². The second-order valence-corrected chi connectivity index (χ2v) is 8.09. The summed E-state index contributed by atoms with van der Waals surface area (Å²) in [6.45, 7) is 10.7. The Hall–Kier alpha value is -2.24. The van der Waals surface area contributed by atoms with Crippen LogP contribution in [0.5, 0.6) is 5.75 Å². The summed E-state index contributed by atoms with van der Waals surface area (Å²) in [5.74, 6) is 1.64. The van der Waals surface area contributed by atoms with Gasteiger partial charge in [-0.1, -0.05) is 30.3 Å². The van der Waals surface area contributed by atoms with E-state index in [1.54, 1.807) is 0 Å². The maximum absolute atomic E-state index is 6.09. The molecule has 0 aliphatic carbocycles. The van der Waals surface area contributed by atoms with Crippen molar-refractivity contribution in [2.24, 2.45) is 0 Å². The third-order valence-corrected chi connectivity index (χ3v) is 5.72. The van der Waals surface area contributed by atoms with Crippen LogP contribution in [0.25, 0.3) is 11.0 Å². The van der Waals surface area contributed by atoms with E-state index in [0.717, 1.165) is 33.5 Å². The van der Waals surface area contributed by atoms with E-state index < -0.39 is 0 Å². The number of rotatable bonds is 4. The lowest BCUT2D eigenvalue weighted by Crippen LogP contribution is -2.41. The van der Waals surface area contributed by atoms with Crippen molar-refractivity contribution in [2.75, 3.05) is 0 Å². The zero-order valence-corrected chi connectivity index (χ0v) is 16.5. The zero-order chi connectivity index (χ0) is 19.2. The van der Waals surface area contributed by atoms with Gasteiger partial charge in [-0.15, -0.1) is 0 Å². The average molecular weight is 364 g/mol. The van der Waals surface area contributed by atoms with Gasteiger partial charge in [0.05, 0.1) is 11.2 Å². The van der Waals surface area contributed by atoms with Crippen molar-refractivity contribution in [2.45, 2.75) is 52.4 Å². The minimum Gasteiger partial charge on any atom is -0.486 e. The summed E-state index contributed by atoms with van der Waals surface area (Å²) in [4.78, 5) is 0. The van der Waals surface area contributed by atoms with Gasteiger partial charge < -0.3 is 18.5 Å². The van der Waals surface area contributed by atoms with Crippen LogP contribution in [-0.4, -0.2) is 18.3 Å². The molecule has 4 nitrogen and oxygen atoms in total. The molecule has 1 aliphatic heterocycles. The monoisotopic (exact) mass is 364 g/mol. The highest BCUT2D eigenvalue weighted by Gasteiger charge is 2.51. The van der Waals surface area contributed by atoms with Crippen LogP contribution in [0.2, 0.25) is 0 Å². The van der Waals surface area contributed by atoms with E-state index in [2.05, 4.69) is 40.7 Å². The van der Waals surface area contributed by atoms with Crippen LogP contribution in [0.1, 0.15) is 39.0 Å². The molecule has 0 bridgehead atoms. The molecular formula is C22H25BO4. The molecule has 1 aromatic heterocycles. The first-order valence-corrected chi connectivity index (χ1v) is 9.32. The van der Waals surface area contributed by atoms with Gasteiger partial charge in [-0.25, -0.2) is 0 Å². The van der Waals surface area contributed by atoms with Crippen molar-refractivity contribution in [3.05, 3.63) is 59.9 Å². The topological polar surface area (TPSA) is 40.8 Å². The van der Waals surface area contributed by atoms with Gasteiger partial charge in [0.1, 0.15) is 23.7 Å². The molecule has 1 fully saturated rings. The van der Waals surface area contributed by atoms with Crippen LogP contribution in [0.15, 0.2) is 52.9 Å². The Morgan fingerprint density at radius 2 is 1.52 bits per heavy atom. The summed E-state index contributed by atoms with van der Waals surface area (Å²) in [7, 11) is -0.360. The number of para-hydroxylation sites is 1. The molecule has 0 spiro atoms. The number of hydrogen-bond acceptors (Lipinski definition) is 4. The predicted molar refractivity (Wildman–Crippen MR) is 107 cm³/mol. The maximum Gasteiger partial charge on any atom is 0.494 e. The molecule has 0 saturated carbocycles. The summed E-state index contributed by atoms with van der Waals surface area (Å²) in [6.07, 6.45) is 0. The van der Waals surface area contributed by atoms with Gasteiger partial charge >= 0.3 is 7.12 Å². The Labute approximate surface area is 160 Å². The molecule has 0 unspecified atom stereocenters. The quantitative estimate of drug-likeness (QED) is 0.634. The van der Waals surface area contributed by atoms with Crippen LogP contribution >= 0.6 is 0 Å². The van der Waals surface area contributed by atoms with E-state index in [-0.39, 0.29) is 18.3 Å². The van der Waals surface area contributed by atoms with E-state index in [4.69, 9.17) is 18.5 Å². The van der Waals surface area contributed by atoms with Crippen LogP contribution in [0.3, 0.4) is 0 Å². The molecule has 0 N–H and O–H groups in total. The van der Waals surface area contributed by atoms with E-state index in [1.165, 1.54) is 0 Å². The zero-order valence-electron chi connectivity index (χ0n) is 16.5. The molecule has 1 saturated heterocycles. The highest BCUT2D eigenvalue weighted by molar-refractivity contribution is 6.62. The van der Waals surface area contributed by atoms with Gasteiger partial charge in [-0.05, 0) is 58.3 Å². The number of aryl methyl sites for hydroxylation is 1. The fourth-order valence-corrected chi connectivity index (χ4v) is 3.21. The molecule has 3 aromatic rings. The molecular weight excluding hydrogens is 339 g/mol. The third kappa shape index (κ3) is 3.26. The summed E-state index contributed by atoms with van der Waals surface area (Å²) >= 11 is 0. The second-order valence-electron chi connectivity index (χ2n) is 8.09. The Balaban J connectivity index is 1.45. The summed E-state index contributed by atoms with van der Waals surface area (Å²) < 4.78 is 24.0. The van der Waals surface area contributed by atoms with Gasteiger partial charge in [0.15, 0.2) is 0 Å². The highest BCUT2D eigenvalue weighted by atomic mass is 16.7. The summed E-state index contributed by atoms with van der Waals surface area (Å²) in [5.41, 5.74) is 2.32. The molecule has 4 rings (SSSR count). The lowest BCUT2D eigenvalue weighted by Gasteiger charge is -2.32. The molecule has 5 heteroatoms. The molecule has 0 atom stereocenters. The number of benzene rings is 2. The van der Waals surface area contributed by atoms with Gasteiger partial charge in [0.25, 0.3) is 0 Å². The van der Waals surface area contributed by atoms with Gasteiger partial charge in [-0.3, -0.25) is 0 Å². The summed E-state index contributed by atoms with van der Waals surface area (Å²) in [6, 6.07) is 15.9. The average Bonchev–Trinajstić information content (AvgIpc) is 3.06. The van der Waals surface area contributed by atoms with Crippen molar-refractivity contribution < 1.29 is 18.5 Å². The number of hydrogen-bond donors (Lipinski definition) is 0. The molecule has 0 radical (unpaired) electrons. The molecule has 140 valence electrons. The summed E-state index contributed by atoms with van der Waals surface area (Å²) in [5, 5.41) is 1.13. The standard InChI is InChI=1S/C22H25BO4/c1-15-18-8-6-7-9-19(18)25-20(15)14-24-17-12-10-16(11-13-17)23-26-21(2,3)22(4,5)27-23/h6-13H,14H2,1-5H3. The second kappa shape index (κ2) is 6.43. The Morgan fingerprint density at radius 1 is 0.889 bits per heavy atom. The molecule has 2 heterocycles. The first-order chi connectivity index (χ1) is 12.8. The molecule has 0 amide bonds. The third-order valence-electron chi connectivity index (χ3n) is 5.72. The highest BCUT2D eigenvalue weighted by Crippen LogP contribution is 2.36. The fraction of sp³-hybridized carbons (Fsp3) is 0.364. The van der Waals surface area contributed by atoms with Crippen molar-refractivity contribution in [1.29, 1.82) is 0 Å². The largest absolute Gasteiger partial charge is 0.494 e. The number of fused-ring (bicyclic) bond motifs is 1. The van der Waals surface area contributed by atoms with E-state index in [9.17, 15) is 0 Å². The van der Waals surface area contributed by atoms with Crippen molar-refractivity contribution >= 4 is 23.6 Å². The van der Waals surface area contributed by atoms with Crippen LogP contribution < -0.4 is 10.2 Å². The number of ether oxygens (including phenoxy) is 1. The smallest absolute Gasteiger partial charge is 0.486 e. The molecule has 2 aromatic carbocycles. The van der Waals surface area contributed by atoms with Crippen molar-refractivity contribution in [1.82, 2.24) is 0 Å². The lowest BCUT2D eigenvalue weighted by molar-refractivity contribution is 0.00578. The van der Waals surface area contributed by atoms with E-state index in [0.29, 0.717) is 6.61 Å². The predicted octanol–water partition coefficient (Wildman–Crippen LogP) is 4.62. The Kier molecular flexibility index (Phi) is 4.32. The van der Waals surface area contributed by atoms with Crippen LogP contribution in [-0.2, 0) is 15.9 Å². The Morgan fingerprint density at radius 3 is 2.15 bits per heavy atom. The van der Waals surface area contributed by atoms with Crippen LogP contribution in [0, 0.1) is 6.92 Å². The lowest BCUT2D eigenvalue weighted by atomic mass is 9.79. The minimum atomic E-state index is -0.360. The minimum absolute atomic E-state index is 0.342.